The van der Waals surface area contributed by atoms with Crippen LogP contribution in [0.4, 0.5) is 23.2 Å². The van der Waals surface area contributed by atoms with Crippen LogP contribution in [0.1, 0.15) is 64.9 Å². The number of carbonyl (C=O) groups excluding carboxylic acids is 1. The highest BCUT2D eigenvalue weighted by Gasteiger charge is 2.48. The summed E-state index contributed by atoms with van der Waals surface area (Å²) in [6, 6.07) is 3.87. The van der Waals surface area contributed by atoms with Crippen LogP contribution in [0.15, 0.2) is 47.1 Å². The molecule has 1 amide bonds. The molecule has 0 aromatic heterocycles. The zero-order valence-corrected chi connectivity index (χ0v) is 19.8. The van der Waals surface area contributed by atoms with E-state index in [0.717, 1.165) is 38.3 Å². The summed E-state index contributed by atoms with van der Waals surface area (Å²) >= 11 is 0. The van der Waals surface area contributed by atoms with Gasteiger partial charge in [-0.3, -0.25) is 10.2 Å². The van der Waals surface area contributed by atoms with Crippen LogP contribution >= 0.6 is 0 Å². The SMILES string of the molecule is C=CN=C1NC(=O)CC(C(F)(F)F)/C1=C(/C)C(=N)c1ccc(F)cc1NC(CCC)CCCC. The summed E-state index contributed by atoms with van der Waals surface area (Å²) in [7, 11) is 0. The molecule has 2 rings (SSSR count). The Kier molecular flexibility index (Phi) is 9.58. The number of piperidine rings is 1. The third kappa shape index (κ3) is 6.77. The molecule has 1 fully saturated rings. The van der Waals surface area contributed by atoms with Crippen molar-refractivity contribution in [2.24, 2.45) is 10.9 Å². The number of carbonyl (C=O) groups is 1. The highest BCUT2D eigenvalue weighted by Crippen LogP contribution is 2.39. The number of nitrogens with zero attached hydrogens (tertiary/aromatic N) is 1. The second-order valence-electron chi connectivity index (χ2n) is 8.38. The lowest BCUT2D eigenvalue weighted by Gasteiger charge is -2.30. The van der Waals surface area contributed by atoms with E-state index in [1.54, 1.807) is 0 Å². The van der Waals surface area contributed by atoms with E-state index >= 15 is 0 Å². The van der Waals surface area contributed by atoms with Gasteiger partial charge in [0.25, 0.3) is 0 Å². The van der Waals surface area contributed by atoms with Gasteiger partial charge in [-0.25, -0.2) is 9.38 Å². The fourth-order valence-electron chi connectivity index (χ4n) is 4.11. The number of allylic oxidation sites excluding steroid dienone is 1. The first kappa shape index (κ1) is 27.3. The van der Waals surface area contributed by atoms with Crippen LogP contribution in [0, 0.1) is 17.1 Å². The van der Waals surface area contributed by atoms with Crippen molar-refractivity contribution in [3.05, 3.63) is 53.5 Å². The summed E-state index contributed by atoms with van der Waals surface area (Å²) in [5.74, 6) is -3.72. The number of amidine groups is 1. The van der Waals surface area contributed by atoms with Crippen molar-refractivity contribution in [1.82, 2.24) is 5.32 Å². The van der Waals surface area contributed by atoms with Crippen LogP contribution in [-0.2, 0) is 4.79 Å². The van der Waals surface area contributed by atoms with Gasteiger partial charge in [0.2, 0.25) is 5.91 Å². The number of amides is 1. The number of benzene rings is 1. The molecule has 1 aliphatic rings. The number of hydrogen-bond acceptors (Lipinski definition) is 4. The smallest absolute Gasteiger partial charge is 0.382 e. The maximum absolute atomic E-state index is 14.1. The maximum atomic E-state index is 14.1. The van der Waals surface area contributed by atoms with E-state index in [9.17, 15) is 22.4 Å². The lowest BCUT2D eigenvalue weighted by Crippen LogP contribution is -2.46. The van der Waals surface area contributed by atoms with E-state index in [1.165, 1.54) is 25.1 Å². The van der Waals surface area contributed by atoms with E-state index in [0.29, 0.717) is 5.69 Å². The van der Waals surface area contributed by atoms with Crippen LogP contribution in [0.25, 0.3) is 0 Å². The third-order valence-corrected chi connectivity index (χ3v) is 5.80. The van der Waals surface area contributed by atoms with Crippen molar-refractivity contribution in [3.63, 3.8) is 0 Å². The minimum atomic E-state index is -4.72. The zero-order valence-electron chi connectivity index (χ0n) is 19.8. The molecule has 2 unspecified atom stereocenters. The van der Waals surface area contributed by atoms with Crippen molar-refractivity contribution < 1.29 is 22.4 Å². The first-order valence-corrected chi connectivity index (χ1v) is 11.4. The fourth-order valence-corrected chi connectivity index (χ4v) is 4.11. The number of nitrogens with one attached hydrogen (secondary N) is 3. The summed E-state index contributed by atoms with van der Waals surface area (Å²) in [5.41, 5.74) is 0.136. The Morgan fingerprint density at radius 1 is 1.32 bits per heavy atom. The molecule has 2 atom stereocenters. The molecule has 1 aromatic rings. The zero-order chi connectivity index (χ0) is 25.5. The molecule has 1 heterocycles. The number of rotatable bonds is 10. The maximum Gasteiger partial charge on any atom is 0.396 e. The Morgan fingerprint density at radius 2 is 2.03 bits per heavy atom. The molecule has 1 aromatic carbocycles. The highest BCUT2D eigenvalue weighted by molar-refractivity contribution is 6.20. The van der Waals surface area contributed by atoms with Gasteiger partial charge in [-0.1, -0.05) is 39.7 Å². The fraction of sp³-hybridized carbons (Fsp3) is 0.480. The molecule has 0 bridgehead atoms. The van der Waals surface area contributed by atoms with Crippen LogP contribution < -0.4 is 10.6 Å². The predicted octanol–water partition coefficient (Wildman–Crippen LogP) is 6.52. The first-order chi connectivity index (χ1) is 16.0. The van der Waals surface area contributed by atoms with Gasteiger partial charge in [-0.05, 0) is 43.5 Å². The molecule has 1 aliphatic heterocycles. The van der Waals surface area contributed by atoms with Gasteiger partial charge in [-0.2, -0.15) is 13.2 Å². The van der Waals surface area contributed by atoms with E-state index in [-0.39, 0.29) is 34.3 Å². The van der Waals surface area contributed by atoms with Gasteiger partial charge < -0.3 is 10.6 Å². The highest BCUT2D eigenvalue weighted by atomic mass is 19.4. The standard InChI is InChI=1S/C25H32F4N4O/c1-5-8-10-17(9-6-2)32-20-13-16(26)11-12-18(20)23(30)15(4)22-19(25(27,28)29)14-21(34)33-24(22)31-7-3/h7,11-13,17,19,30,32H,3,5-6,8-10,14H2,1-2,4H3,(H,31,33,34)/b22-15+,30-23?. The van der Waals surface area contributed by atoms with Gasteiger partial charge in [0, 0.05) is 35.5 Å². The van der Waals surface area contributed by atoms with Crippen molar-refractivity contribution in [3.8, 4) is 0 Å². The van der Waals surface area contributed by atoms with E-state index in [1.807, 2.05) is 6.92 Å². The van der Waals surface area contributed by atoms with Gasteiger partial charge in [0.15, 0.2) is 0 Å². The van der Waals surface area contributed by atoms with E-state index in [4.69, 9.17) is 5.41 Å². The number of unbranched alkanes of at least 4 members (excludes halogenated alkanes) is 1. The molecule has 0 spiro atoms. The van der Waals surface area contributed by atoms with Crippen molar-refractivity contribution in [1.29, 1.82) is 5.41 Å². The lowest BCUT2D eigenvalue weighted by atomic mass is 9.84. The molecule has 0 aliphatic carbocycles. The third-order valence-electron chi connectivity index (χ3n) is 5.80. The Balaban J connectivity index is 2.58. The molecule has 9 heteroatoms. The van der Waals surface area contributed by atoms with E-state index in [2.05, 4.69) is 29.1 Å². The summed E-state index contributed by atoms with van der Waals surface area (Å²) < 4.78 is 55.8. The monoisotopic (exact) mass is 480 g/mol. The van der Waals surface area contributed by atoms with Gasteiger partial charge in [0.1, 0.15) is 11.7 Å². The quantitative estimate of drug-likeness (QED) is 0.263. The minimum absolute atomic E-state index is 0.00168. The van der Waals surface area contributed by atoms with Crippen LogP contribution in [0.5, 0.6) is 0 Å². The Labute approximate surface area is 197 Å². The van der Waals surface area contributed by atoms with Crippen LogP contribution in [0.3, 0.4) is 0 Å². The molecule has 186 valence electrons. The summed E-state index contributed by atoms with van der Waals surface area (Å²) in [6.45, 7) is 8.92. The molecule has 34 heavy (non-hydrogen) atoms. The number of alkyl halides is 3. The second kappa shape index (κ2) is 11.9. The van der Waals surface area contributed by atoms with Gasteiger partial charge >= 0.3 is 6.18 Å². The topological polar surface area (TPSA) is 77.3 Å². The van der Waals surface area contributed by atoms with Crippen LogP contribution in [-0.4, -0.2) is 29.7 Å². The molecular formula is C25H32F4N4O. The molecule has 3 N–H and O–H groups in total. The molecular weight excluding hydrogens is 448 g/mol. The summed E-state index contributed by atoms with van der Waals surface area (Å²) in [5, 5.41) is 14.4. The molecule has 1 saturated heterocycles. The number of halogens is 4. The molecule has 0 saturated carbocycles. The first-order valence-electron chi connectivity index (χ1n) is 11.4. The minimum Gasteiger partial charge on any atom is -0.382 e. The molecule has 5 nitrogen and oxygen atoms in total. The van der Waals surface area contributed by atoms with Crippen molar-refractivity contribution >= 4 is 23.1 Å². The Morgan fingerprint density at radius 3 is 2.62 bits per heavy atom. The van der Waals surface area contributed by atoms with Crippen molar-refractivity contribution in [2.45, 2.75) is 71.5 Å². The van der Waals surface area contributed by atoms with Gasteiger partial charge in [0.05, 0.1) is 11.6 Å². The summed E-state index contributed by atoms with van der Waals surface area (Å²) in [4.78, 5) is 15.8. The lowest BCUT2D eigenvalue weighted by molar-refractivity contribution is -0.169. The average molecular weight is 481 g/mol. The normalized spacial score (nSPS) is 20.0. The van der Waals surface area contributed by atoms with Gasteiger partial charge in [-0.15, -0.1) is 0 Å². The largest absolute Gasteiger partial charge is 0.396 e. The number of aliphatic imine (C=N–C) groups is 1. The average Bonchev–Trinajstić information content (AvgIpc) is 2.76. The van der Waals surface area contributed by atoms with E-state index < -0.39 is 30.2 Å². The van der Waals surface area contributed by atoms with Crippen LogP contribution in [0.2, 0.25) is 0 Å². The predicted molar refractivity (Wildman–Crippen MR) is 128 cm³/mol. The Bertz CT molecular complexity index is 982. The number of anilines is 1. The van der Waals surface area contributed by atoms with Crippen molar-refractivity contribution in [2.75, 3.05) is 5.32 Å². The number of hydrogen-bond donors (Lipinski definition) is 3. The molecule has 0 radical (unpaired) electrons. The summed E-state index contributed by atoms with van der Waals surface area (Å²) in [6.07, 6.45) is 0.0798. The second-order valence-corrected chi connectivity index (χ2v) is 8.38. The Hall–Kier alpha value is -2.97.